The number of hydrogen-bond acceptors (Lipinski definition) is 8. The van der Waals surface area contributed by atoms with Crippen molar-refractivity contribution < 1.29 is 8.42 Å². The molecular formula is C12H11N5O2S3. The molecule has 0 amide bonds. The van der Waals surface area contributed by atoms with Gasteiger partial charge in [0.2, 0.25) is 5.16 Å². The van der Waals surface area contributed by atoms with E-state index < -0.39 is 9.84 Å². The van der Waals surface area contributed by atoms with Crippen molar-refractivity contribution in [2.75, 3.05) is 6.26 Å². The van der Waals surface area contributed by atoms with E-state index in [1.165, 1.54) is 18.0 Å². The van der Waals surface area contributed by atoms with Crippen LogP contribution >= 0.6 is 23.1 Å². The number of tetrazole rings is 1. The predicted octanol–water partition coefficient (Wildman–Crippen LogP) is 1.73. The molecule has 0 bridgehead atoms. The summed E-state index contributed by atoms with van der Waals surface area (Å²) in [6, 6.07) is 9.82. The highest BCUT2D eigenvalue weighted by molar-refractivity contribution is 8.01. The zero-order chi connectivity index (χ0) is 15.6. The summed E-state index contributed by atoms with van der Waals surface area (Å²) in [5.41, 5.74) is 1.08. The lowest BCUT2D eigenvalue weighted by Gasteiger charge is -2.02. The van der Waals surface area contributed by atoms with Crippen molar-refractivity contribution in [2.45, 2.75) is 20.3 Å². The molecule has 114 valence electrons. The molecule has 0 spiro atoms. The lowest BCUT2D eigenvalue weighted by atomic mass is 10.2. The van der Waals surface area contributed by atoms with E-state index in [9.17, 15) is 8.42 Å². The van der Waals surface area contributed by atoms with Gasteiger partial charge in [-0.1, -0.05) is 41.7 Å². The Labute approximate surface area is 135 Å². The molecular weight excluding hydrogens is 342 g/mol. The standard InChI is InChI=1S/C12H11N5O2S3/c1-22(18,19)10-7-13-12(20-10)21-11-14-15-16-17(11)8-9-5-3-2-4-6-9/h2-7H,8H2,1H3. The maximum Gasteiger partial charge on any atom is 0.216 e. The summed E-state index contributed by atoms with van der Waals surface area (Å²) in [5.74, 6) is 0. The van der Waals surface area contributed by atoms with Gasteiger partial charge in [-0.3, -0.25) is 0 Å². The van der Waals surface area contributed by atoms with Crippen molar-refractivity contribution in [3.63, 3.8) is 0 Å². The molecule has 0 aliphatic heterocycles. The maximum atomic E-state index is 11.5. The maximum absolute atomic E-state index is 11.5. The van der Waals surface area contributed by atoms with Crippen LogP contribution in [0.1, 0.15) is 5.56 Å². The van der Waals surface area contributed by atoms with Crippen LogP contribution in [0.15, 0.2) is 50.2 Å². The molecule has 0 unspecified atom stereocenters. The first-order valence-corrected chi connectivity index (χ1v) is 9.68. The lowest BCUT2D eigenvalue weighted by molar-refractivity contribution is 0.602. The van der Waals surface area contributed by atoms with Gasteiger partial charge in [0.15, 0.2) is 14.2 Å². The molecule has 7 nitrogen and oxygen atoms in total. The molecule has 0 aliphatic carbocycles. The van der Waals surface area contributed by atoms with Crippen molar-refractivity contribution in [1.82, 2.24) is 25.2 Å². The number of thiazole rings is 1. The van der Waals surface area contributed by atoms with Crippen LogP contribution in [0, 0.1) is 0 Å². The van der Waals surface area contributed by atoms with Gasteiger partial charge in [-0.15, -0.1) is 5.10 Å². The van der Waals surface area contributed by atoms with Crippen molar-refractivity contribution in [1.29, 1.82) is 0 Å². The van der Waals surface area contributed by atoms with Crippen LogP contribution in [0.5, 0.6) is 0 Å². The smallest absolute Gasteiger partial charge is 0.216 e. The summed E-state index contributed by atoms with van der Waals surface area (Å²) in [6.07, 6.45) is 2.52. The summed E-state index contributed by atoms with van der Waals surface area (Å²) < 4.78 is 25.4. The molecule has 10 heteroatoms. The van der Waals surface area contributed by atoms with Gasteiger partial charge in [-0.2, -0.15) is 0 Å². The molecule has 1 aromatic carbocycles. The third-order valence-electron chi connectivity index (χ3n) is 2.68. The highest BCUT2D eigenvalue weighted by Gasteiger charge is 2.15. The van der Waals surface area contributed by atoms with Gasteiger partial charge in [0.25, 0.3) is 0 Å². The van der Waals surface area contributed by atoms with E-state index in [0.717, 1.165) is 23.2 Å². The Morgan fingerprint density at radius 3 is 2.73 bits per heavy atom. The first-order valence-electron chi connectivity index (χ1n) is 6.16. The second-order valence-corrected chi connectivity index (χ2v) is 8.91. The van der Waals surface area contributed by atoms with E-state index in [0.29, 0.717) is 16.0 Å². The van der Waals surface area contributed by atoms with E-state index in [-0.39, 0.29) is 4.21 Å². The van der Waals surface area contributed by atoms with Crippen LogP contribution in [0.25, 0.3) is 0 Å². The van der Waals surface area contributed by atoms with Gasteiger partial charge in [0, 0.05) is 6.26 Å². The van der Waals surface area contributed by atoms with Crippen LogP contribution in [0.2, 0.25) is 0 Å². The summed E-state index contributed by atoms with van der Waals surface area (Å²) in [7, 11) is -3.24. The first-order chi connectivity index (χ1) is 10.5. The molecule has 22 heavy (non-hydrogen) atoms. The van der Waals surface area contributed by atoms with Gasteiger partial charge in [-0.25, -0.2) is 18.1 Å². The monoisotopic (exact) mass is 353 g/mol. The van der Waals surface area contributed by atoms with Crippen molar-refractivity contribution >= 4 is 32.9 Å². The lowest BCUT2D eigenvalue weighted by Crippen LogP contribution is -2.03. The van der Waals surface area contributed by atoms with E-state index in [1.54, 1.807) is 4.68 Å². The number of hydrogen-bond donors (Lipinski definition) is 0. The topological polar surface area (TPSA) is 90.6 Å². The molecule has 3 aromatic rings. The minimum atomic E-state index is -3.24. The Balaban J connectivity index is 1.79. The van der Waals surface area contributed by atoms with E-state index in [1.807, 2.05) is 30.3 Å². The molecule has 2 aromatic heterocycles. The van der Waals surface area contributed by atoms with Crippen LogP contribution < -0.4 is 0 Å². The molecule has 3 rings (SSSR count). The van der Waals surface area contributed by atoms with Crippen LogP contribution in [-0.4, -0.2) is 39.9 Å². The number of aromatic nitrogens is 5. The molecule has 0 fully saturated rings. The van der Waals surface area contributed by atoms with E-state index in [2.05, 4.69) is 20.5 Å². The Kier molecular flexibility index (Phi) is 4.23. The van der Waals surface area contributed by atoms with E-state index >= 15 is 0 Å². The average Bonchev–Trinajstić information content (AvgIpc) is 3.10. The third-order valence-corrected chi connectivity index (χ3v) is 6.52. The molecule has 0 saturated heterocycles. The van der Waals surface area contributed by atoms with Crippen molar-refractivity contribution in [2.24, 2.45) is 0 Å². The quantitative estimate of drug-likeness (QED) is 0.690. The van der Waals surface area contributed by atoms with Gasteiger partial charge in [0.05, 0.1) is 12.7 Å². The number of nitrogens with zero attached hydrogens (tertiary/aromatic N) is 5. The number of benzene rings is 1. The highest BCUT2D eigenvalue weighted by Crippen LogP contribution is 2.31. The zero-order valence-electron chi connectivity index (χ0n) is 11.4. The fraction of sp³-hybridized carbons (Fsp3) is 0.167. The summed E-state index contributed by atoms with van der Waals surface area (Å²) in [5, 5.41) is 12.2. The van der Waals surface area contributed by atoms with E-state index in [4.69, 9.17) is 0 Å². The normalized spacial score (nSPS) is 11.7. The largest absolute Gasteiger partial charge is 0.236 e. The first kappa shape index (κ1) is 15.1. The minimum absolute atomic E-state index is 0.233. The predicted molar refractivity (Wildman–Crippen MR) is 82.7 cm³/mol. The Morgan fingerprint density at radius 1 is 1.27 bits per heavy atom. The van der Waals surface area contributed by atoms with Gasteiger partial charge in [0.1, 0.15) is 4.21 Å². The van der Waals surface area contributed by atoms with Crippen LogP contribution in [0.4, 0.5) is 0 Å². The minimum Gasteiger partial charge on any atom is -0.236 e. The molecule has 0 saturated carbocycles. The van der Waals surface area contributed by atoms with Crippen LogP contribution in [-0.2, 0) is 16.4 Å². The number of sulfone groups is 1. The summed E-state index contributed by atoms with van der Waals surface area (Å²) >= 11 is 2.35. The Bertz CT molecular complexity index is 873. The van der Waals surface area contributed by atoms with Crippen molar-refractivity contribution in [3.05, 3.63) is 42.1 Å². The van der Waals surface area contributed by atoms with Crippen LogP contribution in [0.3, 0.4) is 0 Å². The third kappa shape index (κ3) is 3.51. The molecule has 2 heterocycles. The second kappa shape index (κ2) is 6.15. The van der Waals surface area contributed by atoms with Gasteiger partial charge >= 0.3 is 0 Å². The fourth-order valence-corrected chi connectivity index (χ4v) is 4.50. The number of rotatable bonds is 5. The van der Waals surface area contributed by atoms with Gasteiger partial charge < -0.3 is 0 Å². The fourth-order valence-electron chi connectivity index (χ4n) is 1.67. The second-order valence-electron chi connectivity index (χ2n) is 4.42. The summed E-state index contributed by atoms with van der Waals surface area (Å²) in [4.78, 5) is 4.10. The molecule has 0 aliphatic rings. The zero-order valence-corrected chi connectivity index (χ0v) is 13.9. The Morgan fingerprint density at radius 2 is 2.05 bits per heavy atom. The average molecular weight is 353 g/mol. The molecule has 0 atom stereocenters. The highest BCUT2D eigenvalue weighted by atomic mass is 32.2. The van der Waals surface area contributed by atoms with Crippen molar-refractivity contribution in [3.8, 4) is 0 Å². The Hall–Kier alpha value is -1.78. The van der Waals surface area contributed by atoms with Gasteiger partial charge in [-0.05, 0) is 27.8 Å². The summed E-state index contributed by atoms with van der Waals surface area (Å²) in [6.45, 7) is 0.542. The molecule has 0 radical (unpaired) electrons. The molecule has 0 N–H and O–H groups in total. The SMILES string of the molecule is CS(=O)(=O)c1cnc(Sc2nnnn2Cc2ccccc2)s1.